The normalized spacial score (nSPS) is 23.6. The summed E-state index contributed by atoms with van der Waals surface area (Å²) in [7, 11) is 0. The zero-order valence-corrected chi connectivity index (χ0v) is 15.9. The van der Waals surface area contributed by atoms with Crippen molar-refractivity contribution in [2.24, 2.45) is 5.92 Å². The van der Waals surface area contributed by atoms with E-state index in [2.05, 4.69) is 0 Å². The van der Waals surface area contributed by atoms with Crippen LogP contribution in [0, 0.1) is 12.8 Å². The van der Waals surface area contributed by atoms with Gasteiger partial charge in [0, 0.05) is 0 Å². The van der Waals surface area contributed by atoms with Crippen LogP contribution in [0.5, 0.6) is 0 Å². The van der Waals surface area contributed by atoms with Gasteiger partial charge in [0.15, 0.2) is 6.10 Å². The maximum Gasteiger partial charge on any atom is 0.266 e. The summed E-state index contributed by atoms with van der Waals surface area (Å²) in [6.45, 7) is 1.94. The number of hydrogen-bond acceptors (Lipinski definition) is 4. The highest BCUT2D eigenvalue weighted by Crippen LogP contribution is 2.47. The minimum absolute atomic E-state index is 0.224. The van der Waals surface area contributed by atoms with Gasteiger partial charge in [-0.05, 0) is 42.3 Å². The van der Waals surface area contributed by atoms with Crippen molar-refractivity contribution in [2.45, 2.75) is 19.1 Å². The zero-order chi connectivity index (χ0) is 20.0. The van der Waals surface area contributed by atoms with Crippen molar-refractivity contribution in [1.82, 2.24) is 0 Å². The van der Waals surface area contributed by atoms with Crippen LogP contribution in [0.4, 0.5) is 11.4 Å². The topological polar surface area (TPSA) is 49.9 Å². The summed E-state index contributed by atoms with van der Waals surface area (Å²) in [6.07, 6.45) is -0.839. The van der Waals surface area contributed by atoms with Gasteiger partial charge in [-0.3, -0.25) is 14.4 Å². The van der Waals surface area contributed by atoms with E-state index in [9.17, 15) is 9.59 Å². The molecule has 2 saturated heterocycles. The molecule has 3 aromatic carbocycles. The quantitative estimate of drug-likeness (QED) is 0.640. The molecular formula is C24H20N2O3. The lowest BCUT2D eigenvalue weighted by atomic mass is 9.90. The second kappa shape index (κ2) is 6.87. The second-order valence-electron chi connectivity index (χ2n) is 7.42. The highest BCUT2D eigenvalue weighted by molar-refractivity contribution is 6.23. The molecule has 0 unspecified atom stereocenters. The van der Waals surface area contributed by atoms with Crippen molar-refractivity contribution >= 4 is 23.2 Å². The molecular weight excluding hydrogens is 364 g/mol. The van der Waals surface area contributed by atoms with Gasteiger partial charge < -0.3 is 0 Å². The van der Waals surface area contributed by atoms with Crippen LogP contribution < -0.4 is 9.96 Å². The molecule has 144 valence electrons. The van der Waals surface area contributed by atoms with Crippen molar-refractivity contribution in [2.75, 3.05) is 9.96 Å². The van der Waals surface area contributed by atoms with Crippen LogP contribution in [0.25, 0.3) is 0 Å². The lowest BCUT2D eigenvalue weighted by Gasteiger charge is -2.28. The maximum atomic E-state index is 13.5. The molecule has 5 nitrogen and oxygen atoms in total. The van der Waals surface area contributed by atoms with E-state index in [1.165, 1.54) is 4.90 Å². The first-order valence-electron chi connectivity index (χ1n) is 9.65. The Hall–Kier alpha value is -3.44. The summed E-state index contributed by atoms with van der Waals surface area (Å²) in [5, 5.41) is 1.72. The molecule has 0 spiro atoms. The number of hydrogen-bond donors (Lipinski definition) is 0. The molecule has 3 atom stereocenters. The van der Waals surface area contributed by atoms with Crippen molar-refractivity contribution in [1.29, 1.82) is 0 Å². The standard InChI is InChI=1S/C24H20N2O3/c1-16-9-8-14-19(15-16)25-23(27)20-21(17-10-4-2-5-11-17)26(29-22(20)24(25)28)18-12-6-3-7-13-18/h2-15,20-22H,1H3/t20-,21+,22+/m1/s1. The molecule has 2 heterocycles. The number of hydroxylamine groups is 1. The first kappa shape index (κ1) is 17.6. The van der Waals surface area contributed by atoms with Gasteiger partial charge in [-0.15, -0.1) is 0 Å². The molecule has 29 heavy (non-hydrogen) atoms. The van der Waals surface area contributed by atoms with E-state index in [0.29, 0.717) is 5.69 Å². The number of anilines is 2. The van der Waals surface area contributed by atoms with E-state index in [-0.39, 0.29) is 17.9 Å². The maximum absolute atomic E-state index is 13.5. The number of aryl methyl sites for hydroxylation is 1. The number of imide groups is 1. The molecule has 3 aromatic rings. The number of para-hydroxylation sites is 1. The number of nitrogens with zero attached hydrogens (tertiary/aromatic N) is 2. The van der Waals surface area contributed by atoms with Crippen LogP contribution in [-0.2, 0) is 14.4 Å². The van der Waals surface area contributed by atoms with Gasteiger partial charge in [-0.1, -0.05) is 60.7 Å². The number of carbonyl (C=O) groups excluding carboxylic acids is 2. The SMILES string of the molecule is Cc1cccc(N2C(=O)[C@H]3[C@H](ON(c4ccccc4)[C@H]3c3ccccc3)C2=O)c1. The molecule has 2 aliphatic rings. The molecule has 5 heteroatoms. The third-order valence-electron chi connectivity index (χ3n) is 5.53. The summed E-state index contributed by atoms with van der Waals surface area (Å²) in [6, 6.07) is 26.4. The van der Waals surface area contributed by atoms with E-state index in [1.807, 2.05) is 85.8 Å². The molecule has 5 rings (SSSR count). The van der Waals surface area contributed by atoms with E-state index in [4.69, 9.17) is 4.84 Å². The summed E-state index contributed by atoms with van der Waals surface area (Å²) in [5.74, 6) is -1.14. The fourth-order valence-electron chi connectivity index (χ4n) is 4.22. The van der Waals surface area contributed by atoms with Crippen LogP contribution >= 0.6 is 0 Å². The summed E-state index contributed by atoms with van der Waals surface area (Å²) in [4.78, 5) is 34.1. The minimum atomic E-state index is -0.839. The van der Waals surface area contributed by atoms with Crippen LogP contribution in [-0.4, -0.2) is 17.9 Å². The van der Waals surface area contributed by atoms with Crippen LogP contribution in [0.2, 0.25) is 0 Å². The molecule has 2 aliphatic heterocycles. The largest absolute Gasteiger partial charge is 0.273 e. The average Bonchev–Trinajstić information content (AvgIpc) is 3.26. The Labute approximate surface area is 169 Å². The predicted molar refractivity (Wildman–Crippen MR) is 110 cm³/mol. The summed E-state index contributed by atoms with van der Waals surface area (Å²) < 4.78 is 0. The Bertz CT molecular complexity index is 1070. The van der Waals surface area contributed by atoms with Crippen molar-refractivity contribution in [3.05, 3.63) is 96.1 Å². The smallest absolute Gasteiger partial charge is 0.266 e. The Morgan fingerprint density at radius 3 is 2.10 bits per heavy atom. The fourth-order valence-corrected chi connectivity index (χ4v) is 4.22. The molecule has 2 fully saturated rings. The zero-order valence-electron chi connectivity index (χ0n) is 15.9. The first-order valence-corrected chi connectivity index (χ1v) is 9.65. The van der Waals surface area contributed by atoms with Crippen molar-refractivity contribution in [3.8, 4) is 0 Å². The van der Waals surface area contributed by atoms with Crippen LogP contribution in [0.3, 0.4) is 0 Å². The Kier molecular flexibility index (Phi) is 4.18. The van der Waals surface area contributed by atoms with Gasteiger partial charge in [0.1, 0.15) is 5.92 Å². The van der Waals surface area contributed by atoms with Crippen molar-refractivity contribution < 1.29 is 14.4 Å². The lowest BCUT2D eigenvalue weighted by molar-refractivity contribution is -0.126. The Balaban J connectivity index is 1.59. The third-order valence-corrected chi connectivity index (χ3v) is 5.53. The van der Waals surface area contributed by atoms with Gasteiger partial charge in [0.2, 0.25) is 5.91 Å². The minimum Gasteiger partial charge on any atom is -0.273 e. The molecule has 0 bridgehead atoms. The van der Waals surface area contributed by atoms with Gasteiger partial charge in [-0.2, -0.15) is 0 Å². The van der Waals surface area contributed by atoms with E-state index >= 15 is 0 Å². The van der Waals surface area contributed by atoms with E-state index in [1.54, 1.807) is 11.1 Å². The second-order valence-corrected chi connectivity index (χ2v) is 7.42. The number of benzene rings is 3. The fraction of sp³-hybridized carbons (Fsp3) is 0.167. The molecule has 0 aromatic heterocycles. The van der Waals surface area contributed by atoms with Gasteiger partial charge in [0.05, 0.1) is 17.4 Å². The predicted octanol–water partition coefficient (Wildman–Crippen LogP) is 4.05. The highest BCUT2D eigenvalue weighted by Gasteiger charge is 2.60. The Morgan fingerprint density at radius 1 is 0.759 bits per heavy atom. The van der Waals surface area contributed by atoms with Crippen molar-refractivity contribution in [3.63, 3.8) is 0 Å². The number of rotatable bonds is 3. The number of amides is 2. The average molecular weight is 384 g/mol. The van der Waals surface area contributed by atoms with Gasteiger partial charge in [-0.25, -0.2) is 9.96 Å². The van der Waals surface area contributed by atoms with Crippen LogP contribution in [0.15, 0.2) is 84.9 Å². The summed E-state index contributed by atoms with van der Waals surface area (Å²) in [5.41, 5.74) is 3.34. The number of carbonyl (C=O) groups is 2. The molecule has 0 radical (unpaired) electrons. The van der Waals surface area contributed by atoms with Crippen LogP contribution in [0.1, 0.15) is 17.2 Å². The van der Waals surface area contributed by atoms with E-state index in [0.717, 1.165) is 16.8 Å². The van der Waals surface area contributed by atoms with Gasteiger partial charge >= 0.3 is 0 Å². The summed E-state index contributed by atoms with van der Waals surface area (Å²) >= 11 is 0. The molecule has 0 N–H and O–H groups in total. The first-order chi connectivity index (χ1) is 14.1. The van der Waals surface area contributed by atoms with Gasteiger partial charge in [0.25, 0.3) is 5.91 Å². The lowest BCUT2D eigenvalue weighted by Crippen LogP contribution is -2.37. The Morgan fingerprint density at radius 2 is 1.41 bits per heavy atom. The monoisotopic (exact) mass is 384 g/mol. The third kappa shape index (κ3) is 2.82. The van der Waals surface area contributed by atoms with E-state index < -0.39 is 12.0 Å². The molecule has 2 amide bonds. The molecule has 0 saturated carbocycles. The highest BCUT2D eigenvalue weighted by atomic mass is 16.7. The number of fused-ring (bicyclic) bond motifs is 1. The molecule has 0 aliphatic carbocycles.